The highest BCUT2D eigenvalue weighted by Gasteiger charge is 2.11. The Hall–Kier alpha value is -3.71. The molecule has 3 aromatic carbocycles. The molecule has 31 heavy (non-hydrogen) atoms. The zero-order valence-corrected chi connectivity index (χ0v) is 17.9. The van der Waals surface area contributed by atoms with Gasteiger partial charge in [-0.3, -0.25) is 9.78 Å². The fraction of sp³-hybridized carbons (Fsp3) is 0.125. The van der Waals surface area contributed by atoms with Crippen LogP contribution in [0.4, 0.5) is 0 Å². The number of benzene rings is 3. The van der Waals surface area contributed by atoms with Crippen molar-refractivity contribution < 1.29 is 19.3 Å². The molecule has 0 fully saturated rings. The van der Waals surface area contributed by atoms with Crippen molar-refractivity contribution in [3.63, 3.8) is 0 Å². The van der Waals surface area contributed by atoms with E-state index in [0.717, 1.165) is 28.0 Å². The lowest BCUT2D eigenvalue weighted by molar-refractivity contribution is 0.394. The highest BCUT2D eigenvalue weighted by molar-refractivity contribution is 7.09. The summed E-state index contributed by atoms with van der Waals surface area (Å²) >= 11 is 1.01. The van der Waals surface area contributed by atoms with Gasteiger partial charge in [0.25, 0.3) is 0 Å². The van der Waals surface area contributed by atoms with E-state index in [9.17, 15) is 9.90 Å². The molecule has 0 unspecified atom stereocenters. The van der Waals surface area contributed by atoms with Gasteiger partial charge in [-0.15, -0.1) is 0 Å². The third kappa shape index (κ3) is 4.73. The van der Waals surface area contributed by atoms with Crippen LogP contribution < -0.4 is 19.1 Å². The van der Waals surface area contributed by atoms with E-state index in [-0.39, 0.29) is 10.8 Å². The zero-order chi connectivity index (χ0) is 21.8. The number of ether oxygens (including phenoxy) is 3. The van der Waals surface area contributed by atoms with Crippen molar-refractivity contribution >= 4 is 11.3 Å². The second kappa shape index (κ2) is 8.97. The van der Waals surface area contributed by atoms with Crippen LogP contribution in [0.3, 0.4) is 0 Å². The Morgan fingerprint density at radius 3 is 2.19 bits per heavy atom. The molecular formula is C24H21NO5S. The van der Waals surface area contributed by atoms with Gasteiger partial charge in [-0.25, -0.2) is 0 Å². The third-order valence-electron chi connectivity index (χ3n) is 4.77. The van der Waals surface area contributed by atoms with E-state index in [1.54, 1.807) is 14.2 Å². The Balaban J connectivity index is 1.58. The number of hydrogen-bond donors (Lipinski definition) is 2. The summed E-state index contributed by atoms with van der Waals surface area (Å²) in [6.45, 7) is 0. The van der Waals surface area contributed by atoms with Gasteiger partial charge in [0.1, 0.15) is 23.0 Å². The van der Waals surface area contributed by atoms with Gasteiger partial charge in [0.15, 0.2) is 0 Å². The van der Waals surface area contributed by atoms with Crippen LogP contribution in [0.25, 0.3) is 11.1 Å². The molecule has 0 aliphatic rings. The lowest BCUT2D eigenvalue weighted by Gasteiger charge is -2.14. The van der Waals surface area contributed by atoms with Crippen molar-refractivity contribution in [3.05, 3.63) is 86.8 Å². The number of rotatable bonds is 7. The van der Waals surface area contributed by atoms with Gasteiger partial charge < -0.3 is 19.3 Å². The van der Waals surface area contributed by atoms with Gasteiger partial charge in [0.2, 0.25) is 5.88 Å². The van der Waals surface area contributed by atoms with Crippen LogP contribution in [0, 0.1) is 0 Å². The first-order valence-electron chi connectivity index (χ1n) is 9.56. The highest BCUT2D eigenvalue weighted by atomic mass is 32.1. The lowest BCUT2D eigenvalue weighted by Crippen LogP contribution is -1.92. The number of H-pyrrole nitrogens is 1. The van der Waals surface area contributed by atoms with E-state index in [4.69, 9.17) is 14.2 Å². The first kappa shape index (κ1) is 20.6. The highest BCUT2D eigenvalue weighted by Crippen LogP contribution is 2.37. The molecule has 0 aliphatic carbocycles. The second-order valence-electron chi connectivity index (χ2n) is 6.81. The molecule has 2 N–H and O–H groups in total. The molecule has 0 amide bonds. The minimum Gasteiger partial charge on any atom is -0.497 e. The summed E-state index contributed by atoms with van der Waals surface area (Å²) in [5.41, 5.74) is 2.79. The Morgan fingerprint density at radius 1 is 0.903 bits per heavy atom. The van der Waals surface area contributed by atoms with Gasteiger partial charge in [-0.05, 0) is 41.5 Å². The molecule has 6 nitrogen and oxygen atoms in total. The number of aromatic amines is 1. The summed E-state index contributed by atoms with van der Waals surface area (Å²) < 4.78 is 16.9. The summed E-state index contributed by atoms with van der Waals surface area (Å²) in [5, 5.41) is 9.77. The molecule has 0 aliphatic heterocycles. The fourth-order valence-corrected chi connectivity index (χ4v) is 3.97. The number of hydrogen-bond acceptors (Lipinski definition) is 6. The SMILES string of the molecule is COc1cc(OC)cc(-c2ccccc2Oc2ccc(Cc3sc(=O)[nH]c3O)cc2)c1. The van der Waals surface area contributed by atoms with Crippen LogP contribution in [0.1, 0.15) is 10.4 Å². The third-order valence-corrected chi connectivity index (χ3v) is 5.64. The summed E-state index contributed by atoms with van der Waals surface area (Å²) in [6.07, 6.45) is 0.468. The largest absolute Gasteiger partial charge is 0.497 e. The van der Waals surface area contributed by atoms with Crippen LogP contribution in [0.2, 0.25) is 0 Å². The van der Waals surface area contributed by atoms with Crippen molar-refractivity contribution in [2.24, 2.45) is 0 Å². The Labute approximate surface area is 183 Å². The number of thiazole rings is 1. The van der Waals surface area contributed by atoms with Crippen LogP contribution >= 0.6 is 11.3 Å². The Morgan fingerprint density at radius 2 is 1.58 bits per heavy atom. The van der Waals surface area contributed by atoms with E-state index in [1.165, 1.54) is 0 Å². The smallest absolute Gasteiger partial charge is 0.307 e. The molecule has 158 valence electrons. The van der Waals surface area contributed by atoms with Crippen molar-refractivity contribution in [1.82, 2.24) is 4.98 Å². The predicted octanol–water partition coefficient (Wildman–Crippen LogP) is 5.21. The van der Waals surface area contributed by atoms with E-state index >= 15 is 0 Å². The maximum atomic E-state index is 11.4. The summed E-state index contributed by atoms with van der Waals surface area (Å²) in [4.78, 5) is 14.1. The molecule has 0 spiro atoms. The molecular weight excluding hydrogens is 414 g/mol. The first-order chi connectivity index (χ1) is 15.1. The van der Waals surface area contributed by atoms with Crippen LogP contribution in [0.5, 0.6) is 28.9 Å². The van der Waals surface area contributed by atoms with Gasteiger partial charge in [0, 0.05) is 18.1 Å². The molecule has 7 heteroatoms. The minimum absolute atomic E-state index is 0.0713. The maximum Gasteiger partial charge on any atom is 0.307 e. The second-order valence-corrected chi connectivity index (χ2v) is 7.87. The number of aromatic hydroxyl groups is 1. The number of nitrogens with one attached hydrogen (secondary N) is 1. The van der Waals surface area contributed by atoms with Crippen molar-refractivity contribution in [2.45, 2.75) is 6.42 Å². The van der Waals surface area contributed by atoms with Gasteiger partial charge in [0.05, 0.1) is 19.1 Å². The van der Waals surface area contributed by atoms with E-state index < -0.39 is 0 Å². The molecule has 4 rings (SSSR count). The predicted molar refractivity (Wildman–Crippen MR) is 121 cm³/mol. The molecule has 0 saturated carbocycles. The average Bonchev–Trinajstić information content (AvgIpc) is 3.11. The summed E-state index contributed by atoms with van der Waals surface area (Å²) in [6, 6.07) is 21.0. The van der Waals surface area contributed by atoms with Crippen molar-refractivity contribution in [3.8, 4) is 40.0 Å². The van der Waals surface area contributed by atoms with Gasteiger partial charge >= 0.3 is 4.87 Å². The molecule has 0 atom stereocenters. The summed E-state index contributed by atoms with van der Waals surface area (Å²) in [5.74, 6) is 2.70. The van der Waals surface area contributed by atoms with Crippen LogP contribution in [-0.2, 0) is 6.42 Å². The number of aromatic nitrogens is 1. The van der Waals surface area contributed by atoms with Crippen LogP contribution in [0.15, 0.2) is 71.5 Å². The molecule has 0 saturated heterocycles. The molecule has 4 aromatic rings. The monoisotopic (exact) mass is 435 g/mol. The van der Waals surface area contributed by atoms with E-state index in [0.29, 0.717) is 34.3 Å². The molecule has 1 aromatic heterocycles. The first-order valence-corrected chi connectivity index (χ1v) is 10.4. The van der Waals surface area contributed by atoms with Gasteiger partial charge in [-0.1, -0.05) is 41.7 Å². The standard InChI is InChI=1S/C24H21NO5S/c1-28-18-12-16(13-19(14-18)29-2)20-5-3-4-6-21(20)30-17-9-7-15(8-10-17)11-22-23(26)25-24(27)31-22/h3-10,12-14,26H,11H2,1-2H3,(H,25,27). The fourth-order valence-electron chi connectivity index (χ4n) is 3.22. The van der Waals surface area contributed by atoms with Crippen molar-refractivity contribution in [2.75, 3.05) is 14.2 Å². The number of para-hydroxylation sites is 1. The normalized spacial score (nSPS) is 10.6. The van der Waals surface area contributed by atoms with E-state index in [2.05, 4.69) is 4.98 Å². The quantitative estimate of drug-likeness (QED) is 0.417. The lowest BCUT2D eigenvalue weighted by atomic mass is 10.0. The molecule has 0 radical (unpaired) electrons. The maximum absolute atomic E-state index is 11.4. The summed E-state index contributed by atoms with van der Waals surface area (Å²) in [7, 11) is 3.24. The van der Waals surface area contributed by atoms with E-state index in [1.807, 2.05) is 66.7 Å². The Kier molecular flexibility index (Phi) is 5.95. The van der Waals surface area contributed by atoms with Gasteiger partial charge in [-0.2, -0.15) is 0 Å². The topological polar surface area (TPSA) is 80.8 Å². The number of methoxy groups -OCH3 is 2. The van der Waals surface area contributed by atoms with Crippen LogP contribution in [-0.4, -0.2) is 24.3 Å². The van der Waals surface area contributed by atoms with Crippen molar-refractivity contribution in [1.29, 1.82) is 0 Å². The molecule has 0 bridgehead atoms. The average molecular weight is 436 g/mol. The minimum atomic E-state index is -0.266. The zero-order valence-electron chi connectivity index (χ0n) is 17.0. The Bertz CT molecular complexity index is 1220. The molecule has 1 heterocycles.